The van der Waals surface area contributed by atoms with E-state index in [2.05, 4.69) is 23.9 Å². The Balaban J connectivity index is 4.06. The molecule has 0 aliphatic rings. The van der Waals surface area contributed by atoms with Gasteiger partial charge in [-0.2, -0.15) is 0 Å². The zero-order valence-corrected chi connectivity index (χ0v) is 34.2. The lowest BCUT2D eigenvalue weighted by molar-refractivity contribution is -0.163. The topological polar surface area (TPSA) is 120 Å². The molecule has 0 aliphatic carbocycles. The smallest absolute Gasteiger partial charge is 0.306 e. The maximum absolute atomic E-state index is 12.6. The summed E-state index contributed by atoms with van der Waals surface area (Å²) in [5.41, 5.74) is 8.34. The van der Waals surface area contributed by atoms with Crippen LogP contribution in [0.2, 0.25) is 0 Å². The van der Waals surface area contributed by atoms with Crippen LogP contribution in [0.3, 0.4) is 0 Å². The van der Waals surface area contributed by atoms with Crippen LogP contribution in [0.5, 0.6) is 0 Å². The lowest BCUT2D eigenvalue weighted by atomic mass is 10.0. The second-order valence-electron chi connectivity index (χ2n) is 14.8. The van der Waals surface area contributed by atoms with E-state index >= 15 is 0 Å². The van der Waals surface area contributed by atoms with Gasteiger partial charge in [0.2, 0.25) is 0 Å². The lowest BCUT2D eigenvalue weighted by Crippen LogP contribution is -2.30. The minimum absolute atomic E-state index is 0.0000875. The fourth-order valence-corrected chi connectivity index (χ4v) is 6.49. The number of ether oxygens (including phenoxy) is 4. The quantitative estimate of drug-likeness (QED) is 0.0202. The summed E-state index contributed by atoms with van der Waals surface area (Å²) >= 11 is 0. The number of esters is 2. The molecule has 0 aliphatic heterocycles. The molecule has 0 heterocycles. The molecule has 0 spiro atoms. The maximum Gasteiger partial charge on any atom is 0.306 e. The third kappa shape index (κ3) is 40.9. The predicted molar refractivity (Wildman–Crippen MR) is 216 cm³/mol. The molecular formula is C43H83N3O6. The van der Waals surface area contributed by atoms with E-state index in [4.69, 9.17) is 24.5 Å². The van der Waals surface area contributed by atoms with Gasteiger partial charge in [0.15, 0.2) is 6.10 Å². The van der Waals surface area contributed by atoms with E-state index < -0.39 is 6.10 Å². The zero-order chi connectivity index (χ0) is 37.8. The Kier molecular flexibility index (Phi) is 42.0. The number of carbonyl (C=O) groups is 2. The summed E-state index contributed by atoms with van der Waals surface area (Å²) in [6.45, 7) is 5.90. The first-order chi connectivity index (χ1) is 25.6. The Hall–Kier alpha value is -1.83. The number of rotatable bonds is 43. The van der Waals surface area contributed by atoms with Gasteiger partial charge in [0.25, 0.3) is 0 Å². The highest BCUT2D eigenvalue weighted by atomic mass is 16.6. The molecule has 0 saturated carbocycles. The van der Waals surface area contributed by atoms with Crippen molar-refractivity contribution in [3.05, 3.63) is 10.4 Å². The molecule has 0 aromatic heterocycles. The molecule has 9 heteroatoms. The van der Waals surface area contributed by atoms with Gasteiger partial charge in [-0.05, 0) is 18.4 Å². The fourth-order valence-electron chi connectivity index (χ4n) is 6.49. The molecule has 0 rings (SSSR count). The monoisotopic (exact) mass is 738 g/mol. The highest BCUT2D eigenvalue weighted by molar-refractivity contribution is 5.70. The summed E-state index contributed by atoms with van der Waals surface area (Å²) in [6.07, 6.45) is 38.6. The van der Waals surface area contributed by atoms with Gasteiger partial charge in [-0.1, -0.05) is 199 Å². The normalized spacial score (nSPS) is 11.7. The number of azide groups is 1. The molecule has 0 radical (unpaired) electrons. The summed E-state index contributed by atoms with van der Waals surface area (Å²) in [4.78, 5) is 27.8. The summed E-state index contributed by atoms with van der Waals surface area (Å²) in [5.74, 6) is -0.521. The maximum atomic E-state index is 12.6. The van der Waals surface area contributed by atoms with Crippen molar-refractivity contribution in [1.29, 1.82) is 0 Å². The SMILES string of the molecule is CCCCCCCCCCCCCCCCCC(=O)OCC(COCCOCCN=[N+]=[N-])OC(=O)CCCCCCCCCCCCCCCCC. The van der Waals surface area contributed by atoms with Crippen LogP contribution in [0.25, 0.3) is 10.4 Å². The average molecular weight is 738 g/mol. The Bertz CT molecular complexity index is 808. The highest BCUT2D eigenvalue weighted by Crippen LogP contribution is 2.16. The van der Waals surface area contributed by atoms with E-state index in [1.54, 1.807) is 0 Å². The van der Waals surface area contributed by atoms with Crippen LogP contribution in [0, 0.1) is 0 Å². The Morgan fingerprint density at radius 3 is 1.25 bits per heavy atom. The molecule has 1 atom stereocenters. The Labute approximate surface area is 320 Å². The lowest BCUT2D eigenvalue weighted by Gasteiger charge is -2.18. The first-order valence-electron chi connectivity index (χ1n) is 22.1. The summed E-state index contributed by atoms with van der Waals surface area (Å²) < 4.78 is 22.2. The predicted octanol–water partition coefficient (Wildman–Crippen LogP) is 13.3. The summed E-state index contributed by atoms with van der Waals surface area (Å²) in [6, 6.07) is 0. The molecule has 0 aromatic carbocycles. The molecule has 0 amide bonds. The van der Waals surface area contributed by atoms with Crippen molar-refractivity contribution in [3.8, 4) is 0 Å². The Morgan fingerprint density at radius 2 is 0.846 bits per heavy atom. The van der Waals surface area contributed by atoms with Gasteiger partial charge in [0.05, 0.1) is 26.4 Å². The van der Waals surface area contributed by atoms with Gasteiger partial charge < -0.3 is 18.9 Å². The number of hydrogen-bond acceptors (Lipinski definition) is 7. The third-order valence-electron chi connectivity index (χ3n) is 9.77. The van der Waals surface area contributed by atoms with E-state index in [0.29, 0.717) is 32.7 Å². The molecule has 52 heavy (non-hydrogen) atoms. The van der Waals surface area contributed by atoms with E-state index in [0.717, 1.165) is 38.5 Å². The van der Waals surface area contributed by atoms with Gasteiger partial charge in [-0.15, -0.1) is 0 Å². The summed E-state index contributed by atoms with van der Waals surface area (Å²) in [5, 5.41) is 3.43. The van der Waals surface area contributed by atoms with Crippen LogP contribution < -0.4 is 0 Å². The molecule has 306 valence electrons. The number of hydrogen-bond donors (Lipinski definition) is 0. The number of nitrogens with zero attached hydrogens (tertiary/aromatic N) is 3. The molecular weight excluding hydrogens is 654 g/mol. The van der Waals surface area contributed by atoms with E-state index in [9.17, 15) is 9.59 Å². The average Bonchev–Trinajstić information content (AvgIpc) is 3.14. The fraction of sp³-hybridized carbons (Fsp3) is 0.953. The minimum atomic E-state index is -0.642. The number of unbranched alkanes of at least 4 members (excludes halogenated alkanes) is 28. The number of carbonyl (C=O) groups excluding carboxylic acids is 2. The van der Waals surface area contributed by atoms with Crippen LogP contribution >= 0.6 is 0 Å². The van der Waals surface area contributed by atoms with Crippen molar-refractivity contribution in [2.45, 2.75) is 225 Å². The van der Waals surface area contributed by atoms with Crippen molar-refractivity contribution >= 4 is 11.9 Å². The second-order valence-corrected chi connectivity index (χ2v) is 14.8. The highest BCUT2D eigenvalue weighted by Gasteiger charge is 2.17. The van der Waals surface area contributed by atoms with Gasteiger partial charge in [-0.3, -0.25) is 9.59 Å². The molecule has 0 N–H and O–H groups in total. The molecule has 0 saturated heterocycles. The van der Waals surface area contributed by atoms with Crippen LogP contribution in [0.1, 0.15) is 219 Å². The van der Waals surface area contributed by atoms with Gasteiger partial charge >= 0.3 is 11.9 Å². The van der Waals surface area contributed by atoms with E-state index in [1.165, 1.54) is 154 Å². The van der Waals surface area contributed by atoms with E-state index in [-0.39, 0.29) is 31.7 Å². The van der Waals surface area contributed by atoms with Crippen LogP contribution in [-0.2, 0) is 28.5 Å². The molecule has 1 unspecified atom stereocenters. The van der Waals surface area contributed by atoms with Crippen LogP contribution in [-0.4, -0.2) is 57.6 Å². The minimum Gasteiger partial charge on any atom is -0.462 e. The third-order valence-corrected chi connectivity index (χ3v) is 9.77. The van der Waals surface area contributed by atoms with Crippen molar-refractivity contribution in [2.24, 2.45) is 5.11 Å². The second kappa shape index (κ2) is 43.6. The van der Waals surface area contributed by atoms with Crippen LogP contribution in [0.15, 0.2) is 5.11 Å². The van der Waals surface area contributed by atoms with Gasteiger partial charge in [0, 0.05) is 24.3 Å². The van der Waals surface area contributed by atoms with Crippen molar-refractivity contribution < 1.29 is 28.5 Å². The molecule has 0 bridgehead atoms. The van der Waals surface area contributed by atoms with E-state index in [1.807, 2.05) is 0 Å². The molecule has 0 aromatic rings. The molecule has 0 fully saturated rings. The molecule has 9 nitrogen and oxygen atoms in total. The van der Waals surface area contributed by atoms with Gasteiger partial charge in [0.1, 0.15) is 6.61 Å². The zero-order valence-electron chi connectivity index (χ0n) is 34.2. The van der Waals surface area contributed by atoms with Crippen molar-refractivity contribution in [1.82, 2.24) is 0 Å². The van der Waals surface area contributed by atoms with Crippen molar-refractivity contribution in [3.63, 3.8) is 0 Å². The largest absolute Gasteiger partial charge is 0.462 e. The standard InChI is InChI=1S/C43H83N3O6/c1-3-5-7-9-11-13-15-17-19-21-23-25-27-29-31-33-42(47)51-40-41(39-50-38-37-49-36-35-45-46-44)52-43(48)34-32-30-28-26-24-22-20-18-16-14-12-10-8-6-4-2/h41H,3-40H2,1-2H3. The van der Waals surface area contributed by atoms with Gasteiger partial charge in [-0.25, -0.2) is 0 Å². The first-order valence-corrected chi connectivity index (χ1v) is 22.1. The van der Waals surface area contributed by atoms with Crippen LogP contribution in [0.4, 0.5) is 0 Å². The summed E-state index contributed by atoms with van der Waals surface area (Å²) in [7, 11) is 0. The van der Waals surface area contributed by atoms with Crippen molar-refractivity contribution in [2.75, 3.05) is 39.6 Å². The Morgan fingerprint density at radius 1 is 0.481 bits per heavy atom. The first kappa shape index (κ1) is 50.2.